The number of hydrogen-bond acceptors (Lipinski definition) is 3. The van der Waals surface area contributed by atoms with Crippen LogP contribution in [0.5, 0.6) is 0 Å². The van der Waals surface area contributed by atoms with Crippen molar-refractivity contribution in [3.63, 3.8) is 0 Å². The Labute approximate surface area is 134 Å². The molecule has 1 nitrogen and oxygen atoms in total. The summed E-state index contributed by atoms with van der Waals surface area (Å²) in [6.45, 7) is 0. The van der Waals surface area contributed by atoms with Crippen molar-refractivity contribution in [2.75, 3.05) is 0 Å². The predicted octanol–water partition coefficient (Wildman–Crippen LogP) is -5.25. The Morgan fingerprint density at radius 1 is 1.17 bits per heavy atom. The van der Waals surface area contributed by atoms with E-state index in [4.69, 9.17) is 0 Å². The van der Waals surface area contributed by atoms with Crippen molar-refractivity contribution in [1.82, 2.24) is 0 Å². The van der Waals surface area contributed by atoms with Gasteiger partial charge < -0.3 is 24.5 Å². The topological polar surface area (TPSA) is 17.1 Å². The molecule has 0 aliphatic carbocycles. The van der Waals surface area contributed by atoms with Crippen LogP contribution in [0.2, 0.25) is 0 Å². The van der Waals surface area contributed by atoms with Gasteiger partial charge in [-0.15, -0.1) is 4.57 Å². The molecule has 0 aliphatic heterocycles. The average Bonchev–Trinajstić information content (AvgIpc) is 0.811. The van der Waals surface area contributed by atoms with E-state index in [0.29, 0.717) is 0 Å². The summed E-state index contributed by atoms with van der Waals surface area (Å²) in [4.78, 5) is 0. The molecule has 0 N–H and O–H groups in total. The van der Waals surface area contributed by atoms with Crippen molar-refractivity contribution in [2.24, 2.45) is 0 Å². The van der Waals surface area contributed by atoms with Gasteiger partial charge in [-0.2, -0.15) is 0 Å². The number of rotatable bonds is 0. The van der Waals surface area contributed by atoms with Gasteiger partial charge in [0.05, 0.1) is 6.20 Å². The normalized spacial score (nSPS) is 4.33. The molecule has 0 amide bonds. The fourth-order valence-electron chi connectivity index (χ4n) is 0. The molecule has 0 aliphatic rings. The van der Waals surface area contributed by atoms with Crippen molar-refractivity contribution in [3.05, 3.63) is 0 Å². The largest absolute Gasteiger partial charge is 1.00 e. The maximum absolute atomic E-state index is 9.22. The van der Waals surface area contributed by atoms with Crippen LogP contribution in [0.1, 0.15) is 0 Å². The Morgan fingerprint density at radius 2 is 1.17 bits per heavy atom. The van der Waals surface area contributed by atoms with E-state index >= 15 is 0 Å². The second kappa shape index (κ2) is 11.8. The summed E-state index contributed by atoms with van der Waals surface area (Å²) >= 11 is 7.89. The zero-order chi connectivity index (χ0) is 3.58. The van der Waals surface area contributed by atoms with Crippen LogP contribution < -0.4 is 103 Å². The molecular weight excluding hydrogens is 189 g/mol. The van der Waals surface area contributed by atoms with Crippen molar-refractivity contribution >= 4 is 30.7 Å². The van der Waals surface area contributed by atoms with Crippen molar-refractivity contribution in [2.45, 2.75) is 0 Å². The quantitative estimate of drug-likeness (QED) is 0.215. The van der Waals surface area contributed by atoms with Gasteiger partial charge in [-0.1, -0.05) is 0 Å². The van der Waals surface area contributed by atoms with E-state index in [-0.39, 0.29) is 103 Å². The van der Waals surface area contributed by atoms with E-state index in [9.17, 15) is 4.57 Å². The molecule has 0 aromatic carbocycles. The minimum absolute atomic E-state index is 0. The minimum Gasteiger partial charge on any atom is -0.471 e. The van der Waals surface area contributed by atoms with Crippen LogP contribution in [0.15, 0.2) is 0 Å². The van der Waals surface area contributed by atoms with Crippen LogP contribution in [-0.2, 0) is 29.1 Å². The molecule has 0 aromatic rings. The minimum atomic E-state index is -1.70. The summed E-state index contributed by atoms with van der Waals surface area (Å²) in [5.74, 6) is 0. The first kappa shape index (κ1) is 16.6. The molecule has 0 bridgehead atoms. The molecule has 0 radical (unpaired) electrons. The smallest absolute Gasteiger partial charge is 0.471 e. The van der Waals surface area contributed by atoms with Gasteiger partial charge in [-0.3, -0.25) is 0 Å². The summed E-state index contributed by atoms with van der Waals surface area (Å²) in [6, 6.07) is 0. The molecule has 0 rings (SSSR count). The molecule has 0 spiro atoms. The first-order valence-electron chi connectivity index (χ1n) is 0.548. The van der Waals surface area contributed by atoms with Crippen LogP contribution in [0, 0.1) is 0 Å². The van der Waals surface area contributed by atoms with E-state index in [1.165, 1.54) is 0 Å². The van der Waals surface area contributed by atoms with Gasteiger partial charge in [0.2, 0.25) is 0 Å². The SMILES string of the molecule is O=[P+]([S-])[S-].[K+].[K+]. The molecule has 0 fully saturated rings. The van der Waals surface area contributed by atoms with Gasteiger partial charge in [-0.05, 0) is 0 Å². The molecule has 6 heteroatoms. The Morgan fingerprint density at radius 3 is 1.17 bits per heavy atom. The van der Waals surface area contributed by atoms with E-state index < -0.39 is 6.20 Å². The van der Waals surface area contributed by atoms with Gasteiger partial charge >= 0.3 is 103 Å². The number of hydrogen-bond donors (Lipinski definition) is 0. The first-order valence-corrected chi connectivity index (χ1v) is 3.83. The monoisotopic (exact) mass is 189 g/mol. The summed E-state index contributed by atoms with van der Waals surface area (Å²) in [6.07, 6.45) is -1.70. The summed E-state index contributed by atoms with van der Waals surface area (Å²) in [7, 11) is 0. The van der Waals surface area contributed by atoms with Crippen molar-refractivity contribution in [1.29, 1.82) is 0 Å². The van der Waals surface area contributed by atoms with Gasteiger partial charge in [0.1, 0.15) is 0 Å². The van der Waals surface area contributed by atoms with Gasteiger partial charge in [0.15, 0.2) is 0 Å². The van der Waals surface area contributed by atoms with E-state index in [2.05, 4.69) is 24.5 Å². The maximum atomic E-state index is 9.22. The molecule has 6 heavy (non-hydrogen) atoms. The van der Waals surface area contributed by atoms with E-state index in [0.717, 1.165) is 0 Å². The second-order valence-corrected chi connectivity index (χ2v) is 3.35. The second-order valence-electron chi connectivity index (χ2n) is 0.224. The van der Waals surface area contributed by atoms with E-state index in [1.807, 2.05) is 0 Å². The summed E-state index contributed by atoms with van der Waals surface area (Å²) < 4.78 is 9.22. The zero-order valence-electron chi connectivity index (χ0n) is 3.67. The van der Waals surface area contributed by atoms with Gasteiger partial charge in [-0.25, -0.2) is 0 Å². The fourth-order valence-corrected chi connectivity index (χ4v) is 0. The molecule has 0 heterocycles. The van der Waals surface area contributed by atoms with Crippen LogP contribution in [0.25, 0.3) is 0 Å². The predicted molar refractivity (Wildman–Crippen MR) is 22.3 cm³/mol. The molecule has 0 unspecified atom stereocenters. The van der Waals surface area contributed by atoms with Crippen molar-refractivity contribution in [3.8, 4) is 0 Å². The van der Waals surface area contributed by atoms with Crippen LogP contribution in [0.3, 0.4) is 0 Å². The molecular formula is K2OPS2+. The summed E-state index contributed by atoms with van der Waals surface area (Å²) in [5.41, 5.74) is 0. The van der Waals surface area contributed by atoms with Gasteiger partial charge in [0, 0.05) is 0 Å². The maximum Gasteiger partial charge on any atom is 1.00 e. The Hall–Kier alpha value is 4.07. The first-order chi connectivity index (χ1) is 1.73. The molecule has 0 atom stereocenters. The van der Waals surface area contributed by atoms with Crippen LogP contribution >= 0.6 is 6.20 Å². The van der Waals surface area contributed by atoms with Gasteiger partial charge in [0.25, 0.3) is 0 Å². The average molecular weight is 189 g/mol. The van der Waals surface area contributed by atoms with Crippen LogP contribution in [-0.4, -0.2) is 0 Å². The fraction of sp³-hybridized carbons (Fsp3) is 0. The standard InChI is InChI=1S/2K.HOPS2/c;;1-2(3)4/h;;(H,1,3,4)/q2*+1;/p-1. The van der Waals surface area contributed by atoms with Crippen LogP contribution in [0.4, 0.5) is 0 Å². The molecule has 0 saturated heterocycles. The zero-order valence-corrected chi connectivity index (χ0v) is 12.4. The third-order valence-corrected chi connectivity index (χ3v) is 0. The Bertz CT molecular complexity index is 34.5. The third-order valence-electron chi connectivity index (χ3n) is 0. The Balaban J connectivity index is -0.0000000450. The third kappa shape index (κ3) is 24.3. The molecule has 0 aromatic heterocycles. The Kier molecular flexibility index (Phi) is 32.7. The van der Waals surface area contributed by atoms with E-state index in [1.54, 1.807) is 0 Å². The van der Waals surface area contributed by atoms with Crippen molar-refractivity contribution < 1.29 is 107 Å². The molecule has 24 valence electrons. The molecule has 0 saturated carbocycles. The summed E-state index contributed by atoms with van der Waals surface area (Å²) in [5, 5.41) is 0.